The fourth-order valence-corrected chi connectivity index (χ4v) is 5.28. The molecule has 3 aliphatic heterocycles. The molecule has 2 saturated heterocycles. The first-order chi connectivity index (χ1) is 13.5. The molecule has 0 aliphatic carbocycles. The van der Waals surface area contributed by atoms with Gasteiger partial charge in [-0.15, -0.1) is 0 Å². The Morgan fingerprint density at radius 2 is 2.07 bits per heavy atom. The van der Waals surface area contributed by atoms with Gasteiger partial charge in [0, 0.05) is 36.8 Å². The van der Waals surface area contributed by atoms with Gasteiger partial charge in [0.25, 0.3) is 5.91 Å². The lowest BCUT2D eigenvalue weighted by molar-refractivity contribution is -0.133. The highest BCUT2D eigenvalue weighted by Crippen LogP contribution is 2.46. The zero-order valence-electron chi connectivity index (χ0n) is 16.2. The lowest BCUT2D eigenvalue weighted by atomic mass is 9.86. The Hall–Kier alpha value is -2.83. The molecule has 7 nitrogen and oxygen atoms in total. The maximum absolute atomic E-state index is 13.1. The zero-order chi connectivity index (χ0) is 19.5. The van der Waals surface area contributed by atoms with Crippen molar-refractivity contribution in [3.63, 3.8) is 0 Å². The third-order valence-electron chi connectivity index (χ3n) is 6.42. The van der Waals surface area contributed by atoms with Crippen molar-refractivity contribution in [3.8, 4) is 0 Å². The molecule has 2 bridgehead atoms. The number of nitrogens with zero attached hydrogens (tertiary/aromatic N) is 3. The van der Waals surface area contributed by atoms with Crippen LogP contribution in [-0.2, 0) is 11.3 Å². The minimum atomic E-state index is -0.553. The summed E-state index contributed by atoms with van der Waals surface area (Å²) in [5.41, 5.74) is 3.01. The topological polar surface area (TPSA) is 79.3 Å². The van der Waals surface area contributed by atoms with Gasteiger partial charge in [-0.1, -0.05) is 12.1 Å². The van der Waals surface area contributed by atoms with Crippen LogP contribution in [0.4, 0.5) is 5.69 Å². The number of nitrogens with one attached hydrogen (secondary N) is 2. The molecule has 3 atom stereocenters. The molecule has 7 heteroatoms. The molecule has 2 amide bonds. The van der Waals surface area contributed by atoms with E-state index in [1.54, 1.807) is 0 Å². The van der Waals surface area contributed by atoms with E-state index in [2.05, 4.69) is 15.7 Å². The van der Waals surface area contributed by atoms with Crippen LogP contribution in [0.5, 0.6) is 0 Å². The van der Waals surface area contributed by atoms with Crippen LogP contribution >= 0.6 is 0 Å². The van der Waals surface area contributed by atoms with Crippen molar-refractivity contribution >= 4 is 17.5 Å². The van der Waals surface area contributed by atoms with Crippen molar-refractivity contribution in [2.24, 2.45) is 0 Å². The van der Waals surface area contributed by atoms with Crippen molar-refractivity contribution in [1.82, 2.24) is 20.0 Å². The SMILES string of the molecule is Cc1cc(C)n(CCC(=O)N2C3CCC2C2(C3)NC(=O)c3ccccc3N2)n1. The van der Waals surface area contributed by atoms with E-state index in [9.17, 15) is 9.59 Å². The van der Waals surface area contributed by atoms with Gasteiger partial charge in [-0.25, -0.2) is 0 Å². The summed E-state index contributed by atoms with van der Waals surface area (Å²) in [7, 11) is 0. The third kappa shape index (κ3) is 2.52. The van der Waals surface area contributed by atoms with Gasteiger partial charge >= 0.3 is 0 Å². The number of amides is 2. The molecular weight excluding hydrogens is 354 g/mol. The number of hydrogen-bond donors (Lipinski definition) is 2. The van der Waals surface area contributed by atoms with Crippen molar-refractivity contribution < 1.29 is 9.59 Å². The van der Waals surface area contributed by atoms with Crippen molar-refractivity contribution in [2.45, 2.75) is 63.8 Å². The van der Waals surface area contributed by atoms with E-state index in [1.807, 2.05) is 53.8 Å². The lowest BCUT2D eigenvalue weighted by Gasteiger charge is -2.43. The Bertz CT molecular complexity index is 967. The van der Waals surface area contributed by atoms with Crippen LogP contribution in [0.3, 0.4) is 0 Å². The maximum Gasteiger partial charge on any atom is 0.255 e. The summed E-state index contributed by atoms with van der Waals surface area (Å²) in [4.78, 5) is 27.8. The van der Waals surface area contributed by atoms with Crippen LogP contribution in [0.15, 0.2) is 30.3 Å². The first-order valence-electron chi connectivity index (χ1n) is 9.99. The number of carbonyl (C=O) groups excluding carboxylic acids is 2. The van der Waals surface area contributed by atoms with Gasteiger partial charge in [0.2, 0.25) is 5.91 Å². The summed E-state index contributed by atoms with van der Waals surface area (Å²) in [6.07, 6.45) is 3.09. The molecular formula is C21H25N5O2. The van der Waals surface area contributed by atoms with Crippen LogP contribution in [0.2, 0.25) is 0 Å². The summed E-state index contributed by atoms with van der Waals surface area (Å²) in [5, 5.41) is 11.2. The van der Waals surface area contributed by atoms with Crippen LogP contribution in [0.1, 0.15) is 47.4 Å². The van der Waals surface area contributed by atoms with Crippen LogP contribution < -0.4 is 10.6 Å². The quantitative estimate of drug-likeness (QED) is 0.857. The standard InChI is InChI=1S/C21H25N5O2/c1-13-11-14(2)25(24-13)10-9-19(27)26-15-7-8-18(26)21(12-15)22-17-6-4-3-5-16(17)20(28)23-21/h3-6,11,15,18,22H,7-10,12H2,1-2H3,(H,23,28). The number of hydrogen-bond acceptors (Lipinski definition) is 4. The molecule has 3 unspecified atom stereocenters. The number of fused-ring (bicyclic) bond motifs is 4. The highest BCUT2D eigenvalue weighted by Gasteiger charge is 2.59. The van der Waals surface area contributed by atoms with Crippen LogP contribution in [0.25, 0.3) is 0 Å². The van der Waals surface area contributed by atoms with Crippen molar-refractivity contribution in [1.29, 1.82) is 0 Å². The molecule has 4 heterocycles. The monoisotopic (exact) mass is 379 g/mol. The molecule has 1 aromatic carbocycles. The second-order valence-corrected chi connectivity index (χ2v) is 8.25. The average molecular weight is 379 g/mol. The molecule has 2 aromatic rings. The average Bonchev–Trinajstić information content (AvgIpc) is 3.30. The van der Waals surface area contributed by atoms with Gasteiger partial charge in [0.1, 0.15) is 5.66 Å². The lowest BCUT2D eigenvalue weighted by Crippen LogP contribution is -2.64. The minimum Gasteiger partial charge on any atom is -0.360 e. The number of para-hydroxylation sites is 1. The predicted octanol–water partition coefficient (Wildman–Crippen LogP) is 2.21. The summed E-state index contributed by atoms with van der Waals surface area (Å²) in [6.45, 7) is 4.56. The van der Waals surface area contributed by atoms with Gasteiger partial charge in [0.05, 0.1) is 17.3 Å². The van der Waals surface area contributed by atoms with E-state index < -0.39 is 5.66 Å². The van der Waals surface area contributed by atoms with Crippen LogP contribution in [0, 0.1) is 13.8 Å². The van der Waals surface area contributed by atoms with E-state index in [4.69, 9.17) is 0 Å². The fourth-order valence-electron chi connectivity index (χ4n) is 5.28. The second-order valence-electron chi connectivity index (χ2n) is 8.25. The Balaban J connectivity index is 1.35. The molecule has 0 radical (unpaired) electrons. The van der Waals surface area contributed by atoms with Crippen molar-refractivity contribution in [2.75, 3.05) is 5.32 Å². The highest BCUT2D eigenvalue weighted by atomic mass is 16.2. The second kappa shape index (κ2) is 6.09. The van der Waals surface area contributed by atoms with E-state index in [0.29, 0.717) is 18.5 Å². The summed E-state index contributed by atoms with van der Waals surface area (Å²) in [6, 6.07) is 9.76. The van der Waals surface area contributed by atoms with E-state index >= 15 is 0 Å². The minimum absolute atomic E-state index is 0.0113. The molecule has 28 heavy (non-hydrogen) atoms. The summed E-state index contributed by atoms with van der Waals surface area (Å²) < 4.78 is 1.90. The normalized spacial score (nSPS) is 27.6. The fraction of sp³-hybridized carbons (Fsp3) is 0.476. The number of rotatable bonds is 3. The predicted molar refractivity (Wildman–Crippen MR) is 105 cm³/mol. The zero-order valence-corrected chi connectivity index (χ0v) is 16.2. The summed E-state index contributed by atoms with van der Waals surface area (Å²) >= 11 is 0. The first-order valence-corrected chi connectivity index (χ1v) is 9.99. The van der Waals surface area contributed by atoms with E-state index in [-0.39, 0.29) is 23.9 Å². The third-order valence-corrected chi connectivity index (χ3v) is 6.42. The van der Waals surface area contributed by atoms with Crippen molar-refractivity contribution in [3.05, 3.63) is 47.3 Å². The molecule has 2 fully saturated rings. The largest absolute Gasteiger partial charge is 0.360 e. The van der Waals surface area contributed by atoms with Gasteiger partial charge < -0.3 is 15.5 Å². The van der Waals surface area contributed by atoms with Crippen LogP contribution in [-0.4, -0.2) is 44.2 Å². The van der Waals surface area contributed by atoms with Gasteiger partial charge in [0.15, 0.2) is 0 Å². The Kier molecular flexibility index (Phi) is 3.76. The molecule has 1 spiro atoms. The number of aromatic nitrogens is 2. The van der Waals surface area contributed by atoms with Gasteiger partial charge in [-0.2, -0.15) is 5.10 Å². The molecule has 1 aromatic heterocycles. The Labute approximate surface area is 164 Å². The number of carbonyl (C=O) groups is 2. The molecule has 3 aliphatic rings. The Morgan fingerprint density at radius 3 is 2.86 bits per heavy atom. The molecule has 5 rings (SSSR count). The smallest absolute Gasteiger partial charge is 0.255 e. The molecule has 0 saturated carbocycles. The van der Waals surface area contributed by atoms with Gasteiger partial charge in [-0.05, 0) is 44.9 Å². The number of anilines is 1. The first kappa shape index (κ1) is 17.3. The van der Waals surface area contributed by atoms with E-state index in [0.717, 1.165) is 36.3 Å². The summed E-state index contributed by atoms with van der Waals surface area (Å²) in [5.74, 6) is 0.0868. The molecule has 2 N–H and O–H groups in total. The number of aryl methyl sites for hydroxylation is 3. The molecule has 146 valence electrons. The number of benzene rings is 1. The highest BCUT2D eigenvalue weighted by molar-refractivity contribution is 6.02. The Morgan fingerprint density at radius 1 is 1.25 bits per heavy atom. The van der Waals surface area contributed by atoms with Gasteiger partial charge in [-0.3, -0.25) is 14.3 Å². The maximum atomic E-state index is 13.1. The van der Waals surface area contributed by atoms with E-state index in [1.165, 1.54) is 0 Å².